The molecule has 2 aliphatic rings. The minimum atomic E-state index is -0.558. The lowest BCUT2D eigenvalue weighted by Crippen LogP contribution is -2.35. The van der Waals surface area contributed by atoms with Gasteiger partial charge in [-0.3, -0.25) is 4.79 Å². The maximum Gasteiger partial charge on any atom is 0.259 e. The number of carbonyl (C=O) groups excluding carboxylic acids is 1. The van der Waals surface area contributed by atoms with E-state index in [9.17, 15) is 9.18 Å². The van der Waals surface area contributed by atoms with E-state index in [0.29, 0.717) is 30.6 Å². The average Bonchev–Trinajstić information content (AvgIpc) is 3.43. The molecule has 3 aromatic rings. The molecule has 2 fully saturated rings. The van der Waals surface area contributed by atoms with Gasteiger partial charge in [0.25, 0.3) is 5.91 Å². The summed E-state index contributed by atoms with van der Waals surface area (Å²) in [5, 5.41) is 8.12. The van der Waals surface area contributed by atoms with Crippen LogP contribution < -0.4 is 4.90 Å². The summed E-state index contributed by atoms with van der Waals surface area (Å²) in [4.78, 5) is 27.6. The van der Waals surface area contributed by atoms with E-state index in [1.807, 2.05) is 19.9 Å². The zero-order valence-corrected chi connectivity index (χ0v) is 18.1. The molecule has 2 saturated heterocycles. The standard InChI is InChI=1S/C21H22FN7O.ClH/c1-13-8-14(2)26-21(25-13)28-11-15-9-27(10-16(15)12-28)20(30)19-17(22)4-3-5-18(19)29-23-6-7-24-29;/h3-8,15-16H,9-12H2,1-2H3;1H. The maximum absolute atomic E-state index is 14.7. The fraction of sp³-hybridized carbons (Fsp3) is 0.381. The molecule has 2 atom stereocenters. The first-order chi connectivity index (χ1) is 14.5. The van der Waals surface area contributed by atoms with Crippen molar-refractivity contribution in [1.82, 2.24) is 29.9 Å². The number of likely N-dealkylation sites (tertiary alicyclic amines) is 1. The number of benzene rings is 1. The summed E-state index contributed by atoms with van der Waals surface area (Å²) in [6.45, 7) is 6.70. The number of amides is 1. The van der Waals surface area contributed by atoms with Crippen LogP contribution in [0.25, 0.3) is 5.69 Å². The second kappa shape index (κ2) is 8.22. The molecule has 0 aliphatic carbocycles. The molecule has 31 heavy (non-hydrogen) atoms. The third-order valence-corrected chi connectivity index (χ3v) is 5.87. The molecule has 1 aromatic carbocycles. The number of hydrogen-bond donors (Lipinski definition) is 0. The van der Waals surface area contributed by atoms with Crippen LogP contribution in [0, 0.1) is 31.5 Å². The third kappa shape index (κ3) is 3.85. The zero-order chi connectivity index (χ0) is 20.8. The summed E-state index contributed by atoms with van der Waals surface area (Å²) in [6, 6.07) is 6.48. The van der Waals surface area contributed by atoms with Crippen molar-refractivity contribution < 1.29 is 9.18 Å². The molecule has 2 aliphatic heterocycles. The first-order valence-corrected chi connectivity index (χ1v) is 10.0. The second-order valence-electron chi connectivity index (χ2n) is 8.04. The fourth-order valence-corrected chi connectivity index (χ4v) is 4.56. The zero-order valence-electron chi connectivity index (χ0n) is 17.3. The van der Waals surface area contributed by atoms with Crippen molar-refractivity contribution in [2.75, 3.05) is 31.1 Å². The molecule has 2 unspecified atom stereocenters. The molecular weight excluding hydrogens is 421 g/mol. The predicted molar refractivity (Wildman–Crippen MR) is 115 cm³/mol. The second-order valence-corrected chi connectivity index (χ2v) is 8.04. The number of halogens is 2. The minimum absolute atomic E-state index is 0. The van der Waals surface area contributed by atoms with E-state index >= 15 is 0 Å². The Morgan fingerprint density at radius 3 is 2.23 bits per heavy atom. The number of nitrogens with zero attached hydrogens (tertiary/aromatic N) is 7. The van der Waals surface area contributed by atoms with Gasteiger partial charge in [-0.2, -0.15) is 15.0 Å². The number of aromatic nitrogens is 5. The van der Waals surface area contributed by atoms with Gasteiger partial charge in [-0.25, -0.2) is 14.4 Å². The highest BCUT2D eigenvalue weighted by atomic mass is 35.5. The lowest BCUT2D eigenvalue weighted by atomic mass is 10.0. The predicted octanol–water partition coefficient (Wildman–Crippen LogP) is 2.44. The molecule has 0 radical (unpaired) electrons. The smallest absolute Gasteiger partial charge is 0.259 e. The summed E-state index contributed by atoms with van der Waals surface area (Å²) >= 11 is 0. The van der Waals surface area contributed by atoms with E-state index in [1.165, 1.54) is 23.3 Å². The first-order valence-electron chi connectivity index (χ1n) is 10.0. The fourth-order valence-electron chi connectivity index (χ4n) is 4.56. The first kappa shape index (κ1) is 21.2. The van der Waals surface area contributed by atoms with Gasteiger partial charge in [0.1, 0.15) is 17.1 Å². The van der Waals surface area contributed by atoms with Crippen molar-refractivity contribution in [2.24, 2.45) is 11.8 Å². The van der Waals surface area contributed by atoms with Gasteiger partial charge in [0, 0.05) is 49.4 Å². The molecular formula is C21H23ClFN7O. The SMILES string of the molecule is Cc1cc(C)nc(N2CC3CN(C(=O)c4c(F)cccc4-n4nccn4)CC3C2)n1.Cl. The Bertz CT molecular complexity index is 1070. The van der Waals surface area contributed by atoms with Crippen LogP contribution in [0.5, 0.6) is 0 Å². The normalized spacial score (nSPS) is 20.0. The van der Waals surface area contributed by atoms with Gasteiger partial charge >= 0.3 is 0 Å². The summed E-state index contributed by atoms with van der Waals surface area (Å²) < 4.78 is 14.7. The Morgan fingerprint density at radius 1 is 1.00 bits per heavy atom. The van der Waals surface area contributed by atoms with Gasteiger partial charge < -0.3 is 9.80 Å². The van der Waals surface area contributed by atoms with E-state index in [4.69, 9.17) is 0 Å². The van der Waals surface area contributed by atoms with Crippen LogP contribution >= 0.6 is 12.4 Å². The highest BCUT2D eigenvalue weighted by Crippen LogP contribution is 2.34. The number of hydrogen-bond acceptors (Lipinski definition) is 6. The number of rotatable bonds is 3. The van der Waals surface area contributed by atoms with Gasteiger partial charge in [-0.1, -0.05) is 6.07 Å². The average molecular weight is 444 g/mol. The summed E-state index contributed by atoms with van der Waals surface area (Å²) in [6.07, 6.45) is 3.01. The monoisotopic (exact) mass is 443 g/mol. The number of anilines is 1. The van der Waals surface area contributed by atoms with Crippen molar-refractivity contribution in [2.45, 2.75) is 13.8 Å². The van der Waals surface area contributed by atoms with Gasteiger partial charge in [-0.15, -0.1) is 12.4 Å². The molecule has 5 rings (SSSR count). The van der Waals surface area contributed by atoms with Crippen LogP contribution in [0.3, 0.4) is 0 Å². The number of carbonyl (C=O) groups is 1. The number of fused-ring (bicyclic) bond motifs is 1. The molecule has 0 spiro atoms. The molecule has 0 bridgehead atoms. The van der Waals surface area contributed by atoms with Crippen LogP contribution in [0.15, 0.2) is 36.7 Å². The van der Waals surface area contributed by atoms with Crippen LogP contribution in [0.1, 0.15) is 21.7 Å². The van der Waals surface area contributed by atoms with E-state index in [2.05, 4.69) is 25.1 Å². The largest absolute Gasteiger partial charge is 0.340 e. The topological polar surface area (TPSA) is 80.0 Å². The van der Waals surface area contributed by atoms with Gasteiger partial charge in [0.2, 0.25) is 5.95 Å². The lowest BCUT2D eigenvalue weighted by Gasteiger charge is -2.23. The summed E-state index contributed by atoms with van der Waals surface area (Å²) in [5.74, 6) is 0.509. The minimum Gasteiger partial charge on any atom is -0.340 e. The Balaban J connectivity index is 0.00000231. The Hall–Kier alpha value is -3.07. The molecule has 1 amide bonds. The van der Waals surface area contributed by atoms with Crippen molar-refractivity contribution in [1.29, 1.82) is 0 Å². The summed E-state index contributed by atoms with van der Waals surface area (Å²) in [5.41, 5.74) is 2.27. The van der Waals surface area contributed by atoms with Gasteiger partial charge in [-0.05, 0) is 32.0 Å². The van der Waals surface area contributed by atoms with Crippen LogP contribution in [0.2, 0.25) is 0 Å². The van der Waals surface area contributed by atoms with Crippen molar-refractivity contribution in [3.63, 3.8) is 0 Å². The molecule has 162 valence electrons. The van der Waals surface area contributed by atoms with Crippen LogP contribution in [-0.2, 0) is 0 Å². The maximum atomic E-state index is 14.7. The van der Waals surface area contributed by atoms with E-state index in [0.717, 1.165) is 30.4 Å². The van der Waals surface area contributed by atoms with Crippen LogP contribution in [0.4, 0.5) is 10.3 Å². The van der Waals surface area contributed by atoms with E-state index in [-0.39, 0.29) is 23.9 Å². The Kier molecular flexibility index (Phi) is 5.62. The van der Waals surface area contributed by atoms with E-state index in [1.54, 1.807) is 17.0 Å². The van der Waals surface area contributed by atoms with E-state index < -0.39 is 5.82 Å². The van der Waals surface area contributed by atoms with Gasteiger partial charge in [0.05, 0.1) is 12.4 Å². The molecule has 2 aromatic heterocycles. The quantitative estimate of drug-likeness (QED) is 0.618. The van der Waals surface area contributed by atoms with Gasteiger partial charge in [0.15, 0.2) is 0 Å². The highest BCUT2D eigenvalue weighted by molar-refractivity contribution is 5.98. The van der Waals surface area contributed by atoms with Crippen molar-refractivity contribution in [3.05, 3.63) is 59.4 Å². The van der Waals surface area contributed by atoms with Crippen LogP contribution in [-0.4, -0.2) is 61.9 Å². The Morgan fingerprint density at radius 2 is 1.61 bits per heavy atom. The molecule has 0 N–H and O–H groups in total. The van der Waals surface area contributed by atoms with Crippen molar-refractivity contribution in [3.8, 4) is 5.69 Å². The third-order valence-electron chi connectivity index (χ3n) is 5.87. The highest BCUT2D eigenvalue weighted by Gasteiger charge is 2.43. The molecule has 8 nitrogen and oxygen atoms in total. The molecule has 4 heterocycles. The molecule has 10 heteroatoms. The lowest BCUT2D eigenvalue weighted by molar-refractivity contribution is 0.0777. The summed E-state index contributed by atoms with van der Waals surface area (Å²) in [7, 11) is 0. The molecule has 0 saturated carbocycles. The van der Waals surface area contributed by atoms with Crippen molar-refractivity contribution >= 4 is 24.3 Å². The number of aryl methyl sites for hydroxylation is 2. The Labute approximate surface area is 185 Å².